The van der Waals surface area contributed by atoms with E-state index in [4.69, 9.17) is 32.7 Å². The van der Waals surface area contributed by atoms with Gasteiger partial charge in [-0.15, -0.1) is 0 Å². The normalized spacial score (nSPS) is 14.9. The van der Waals surface area contributed by atoms with Crippen LogP contribution in [0, 0.1) is 5.82 Å². The molecule has 0 radical (unpaired) electrons. The van der Waals surface area contributed by atoms with Crippen LogP contribution in [-0.4, -0.2) is 69.6 Å². The Morgan fingerprint density at radius 3 is 2.43 bits per heavy atom. The van der Waals surface area contributed by atoms with E-state index in [1.807, 2.05) is 52.6 Å². The molecule has 0 N–H and O–H groups in total. The average molecular weight is 619 g/mol. The zero-order valence-corrected chi connectivity index (χ0v) is 26.0. The minimum absolute atomic E-state index is 0.000625. The number of rotatable bonds is 6. The standard InChI is InChI=1S/C30H34Cl2FN5O4/c1-29(2,3)42-28(40)38-12-11-37(18-30(38,4)5)27(39)24-15-35-26(16-34-24)36(6)17-19-7-8-20(31)13-25(19)41-21-9-10-22(32)23(33)14-21/h7-10,13-16H,11-12,17-18H2,1-6H3. The molecule has 0 atom stereocenters. The maximum atomic E-state index is 13.9. The zero-order valence-electron chi connectivity index (χ0n) is 24.5. The second-order valence-corrected chi connectivity index (χ2v) is 12.6. The fourth-order valence-electron chi connectivity index (χ4n) is 4.53. The van der Waals surface area contributed by atoms with Crippen LogP contribution in [0.5, 0.6) is 11.5 Å². The van der Waals surface area contributed by atoms with Crippen LogP contribution in [0.4, 0.5) is 15.0 Å². The van der Waals surface area contributed by atoms with Crippen LogP contribution >= 0.6 is 23.2 Å². The van der Waals surface area contributed by atoms with Gasteiger partial charge in [0.2, 0.25) is 0 Å². The van der Waals surface area contributed by atoms with E-state index in [0.29, 0.717) is 42.8 Å². The summed E-state index contributed by atoms with van der Waals surface area (Å²) in [4.78, 5) is 40.0. The van der Waals surface area contributed by atoms with Crippen LogP contribution < -0.4 is 9.64 Å². The van der Waals surface area contributed by atoms with Crippen molar-refractivity contribution >= 4 is 41.0 Å². The monoisotopic (exact) mass is 617 g/mol. The van der Waals surface area contributed by atoms with Gasteiger partial charge in [-0.1, -0.05) is 29.3 Å². The van der Waals surface area contributed by atoms with Crippen molar-refractivity contribution in [2.45, 2.75) is 52.3 Å². The molecular formula is C30H34Cl2FN5O4. The van der Waals surface area contributed by atoms with Gasteiger partial charge in [0, 0.05) is 49.9 Å². The van der Waals surface area contributed by atoms with Gasteiger partial charge in [-0.25, -0.2) is 19.2 Å². The summed E-state index contributed by atoms with van der Waals surface area (Å²) in [5.41, 5.74) is -0.263. The molecule has 3 aromatic rings. The Morgan fingerprint density at radius 2 is 1.81 bits per heavy atom. The highest BCUT2D eigenvalue weighted by molar-refractivity contribution is 6.31. The summed E-state index contributed by atoms with van der Waals surface area (Å²) < 4.78 is 25.4. The Morgan fingerprint density at radius 1 is 1.07 bits per heavy atom. The van der Waals surface area contributed by atoms with Crippen molar-refractivity contribution in [3.05, 3.63) is 75.9 Å². The lowest BCUT2D eigenvalue weighted by atomic mass is 9.99. The maximum absolute atomic E-state index is 13.9. The van der Waals surface area contributed by atoms with Gasteiger partial charge < -0.3 is 19.3 Å². The van der Waals surface area contributed by atoms with Crippen molar-refractivity contribution in [1.82, 2.24) is 19.8 Å². The molecule has 0 bridgehead atoms. The molecule has 0 unspecified atom stereocenters. The number of hydrogen-bond acceptors (Lipinski definition) is 7. The molecule has 0 saturated carbocycles. The first-order chi connectivity index (χ1) is 19.6. The van der Waals surface area contributed by atoms with Gasteiger partial charge in [0.1, 0.15) is 34.4 Å². The van der Waals surface area contributed by atoms with E-state index in [0.717, 1.165) is 5.56 Å². The van der Waals surface area contributed by atoms with Crippen LogP contribution in [-0.2, 0) is 11.3 Å². The lowest BCUT2D eigenvalue weighted by molar-refractivity contribution is -0.0203. The molecule has 4 rings (SSSR count). The van der Waals surface area contributed by atoms with E-state index in [-0.39, 0.29) is 22.4 Å². The van der Waals surface area contributed by atoms with Crippen molar-refractivity contribution in [2.75, 3.05) is 31.6 Å². The van der Waals surface area contributed by atoms with Crippen LogP contribution in [0.15, 0.2) is 48.8 Å². The number of anilines is 1. The summed E-state index contributed by atoms with van der Waals surface area (Å²) in [7, 11) is 1.82. The molecule has 0 aliphatic carbocycles. The smallest absolute Gasteiger partial charge is 0.410 e. The van der Waals surface area contributed by atoms with E-state index in [2.05, 4.69) is 9.97 Å². The van der Waals surface area contributed by atoms with Gasteiger partial charge in [-0.2, -0.15) is 0 Å². The predicted molar refractivity (Wildman–Crippen MR) is 160 cm³/mol. The largest absolute Gasteiger partial charge is 0.457 e. The molecule has 1 saturated heterocycles. The van der Waals surface area contributed by atoms with Crippen LogP contribution in [0.25, 0.3) is 0 Å². The lowest BCUT2D eigenvalue weighted by Gasteiger charge is -2.46. The number of halogens is 3. The molecule has 224 valence electrons. The lowest BCUT2D eigenvalue weighted by Crippen LogP contribution is -2.62. The minimum Gasteiger partial charge on any atom is -0.457 e. The Kier molecular flexibility index (Phi) is 9.18. The third-order valence-corrected chi connectivity index (χ3v) is 7.15. The molecule has 0 spiro atoms. The summed E-state index contributed by atoms with van der Waals surface area (Å²) in [6.07, 6.45) is 2.57. The van der Waals surface area contributed by atoms with Crippen molar-refractivity contribution in [3.8, 4) is 11.5 Å². The first-order valence-electron chi connectivity index (χ1n) is 13.4. The Bertz CT molecular complexity index is 1460. The summed E-state index contributed by atoms with van der Waals surface area (Å²) in [6.45, 7) is 10.7. The van der Waals surface area contributed by atoms with Gasteiger partial charge in [0.25, 0.3) is 5.91 Å². The summed E-state index contributed by atoms with van der Waals surface area (Å²) in [5.74, 6) is 0.398. The molecule has 12 heteroatoms. The van der Waals surface area contributed by atoms with E-state index in [9.17, 15) is 14.0 Å². The molecule has 2 amide bonds. The molecular weight excluding hydrogens is 584 g/mol. The van der Waals surface area contributed by atoms with Gasteiger partial charge >= 0.3 is 6.09 Å². The molecule has 1 aliphatic rings. The minimum atomic E-state index is -0.625. The van der Waals surface area contributed by atoms with Crippen molar-refractivity contribution in [3.63, 3.8) is 0 Å². The Balaban J connectivity index is 1.42. The van der Waals surface area contributed by atoms with E-state index in [1.165, 1.54) is 24.5 Å². The van der Waals surface area contributed by atoms with Crippen molar-refractivity contribution < 1.29 is 23.5 Å². The van der Waals surface area contributed by atoms with Gasteiger partial charge in [0.05, 0.1) is 23.0 Å². The van der Waals surface area contributed by atoms with Gasteiger partial charge in [-0.05, 0) is 58.9 Å². The third-order valence-electron chi connectivity index (χ3n) is 6.61. The maximum Gasteiger partial charge on any atom is 0.410 e. The molecule has 42 heavy (non-hydrogen) atoms. The number of carbonyl (C=O) groups is 2. The average Bonchev–Trinajstić information content (AvgIpc) is 2.90. The highest BCUT2D eigenvalue weighted by Gasteiger charge is 2.40. The van der Waals surface area contributed by atoms with Crippen molar-refractivity contribution in [1.29, 1.82) is 0 Å². The van der Waals surface area contributed by atoms with Gasteiger partial charge in [0.15, 0.2) is 0 Å². The molecule has 9 nitrogen and oxygen atoms in total. The van der Waals surface area contributed by atoms with E-state index >= 15 is 0 Å². The molecule has 2 heterocycles. The van der Waals surface area contributed by atoms with Crippen LogP contribution in [0.3, 0.4) is 0 Å². The SMILES string of the molecule is CN(Cc1ccc(Cl)cc1Oc1ccc(Cl)c(F)c1)c1cnc(C(=O)N2CCN(C(=O)OC(C)(C)C)C(C)(C)C2)cn1. The number of piperazine rings is 1. The number of nitrogens with zero attached hydrogens (tertiary/aromatic N) is 5. The van der Waals surface area contributed by atoms with E-state index in [1.54, 1.807) is 28.0 Å². The molecule has 1 aliphatic heterocycles. The summed E-state index contributed by atoms with van der Waals surface area (Å²) in [5, 5.41) is 0.462. The quantitative estimate of drug-likeness (QED) is 0.300. The molecule has 1 aromatic heterocycles. The first-order valence-corrected chi connectivity index (χ1v) is 14.1. The number of carbonyl (C=O) groups excluding carboxylic acids is 2. The second-order valence-electron chi connectivity index (χ2n) is 11.7. The predicted octanol–water partition coefficient (Wildman–Crippen LogP) is 6.82. The highest BCUT2D eigenvalue weighted by Crippen LogP contribution is 2.32. The van der Waals surface area contributed by atoms with Crippen LogP contribution in [0.2, 0.25) is 10.0 Å². The topological polar surface area (TPSA) is 88.1 Å². The molecule has 2 aromatic carbocycles. The fourth-order valence-corrected chi connectivity index (χ4v) is 4.81. The number of benzene rings is 2. The third kappa shape index (κ3) is 7.60. The molecule has 1 fully saturated rings. The summed E-state index contributed by atoms with van der Waals surface area (Å²) in [6, 6.07) is 9.38. The fraction of sp³-hybridized carbons (Fsp3) is 0.400. The highest BCUT2D eigenvalue weighted by atomic mass is 35.5. The summed E-state index contributed by atoms with van der Waals surface area (Å²) >= 11 is 12.0. The van der Waals surface area contributed by atoms with Crippen LogP contribution in [0.1, 0.15) is 50.7 Å². The number of ether oxygens (including phenoxy) is 2. The van der Waals surface area contributed by atoms with E-state index < -0.39 is 23.1 Å². The van der Waals surface area contributed by atoms with Crippen molar-refractivity contribution in [2.24, 2.45) is 0 Å². The number of hydrogen-bond donors (Lipinski definition) is 0. The number of amides is 2. The second kappa shape index (κ2) is 12.3. The Labute approximate surface area is 255 Å². The van der Waals surface area contributed by atoms with Gasteiger partial charge in [-0.3, -0.25) is 9.69 Å². The zero-order chi connectivity index (χ0) is 30.8. The number of aromatic nitrogens is 2. The Hall–Kier alpha value is -3.63. The first kappa shape index (κ1) is 31.3.